The highest BCUT2D eigenvalue weighted by atomic mass is 32.1. The van der Waals surface area contributed by atoms with E-state index < -0.39 is 6.10 Å². The number of carbonyl (C=O) groups excluding carboxylic acids is 1. The topological polar surface area (TPSA) is 64.3 Å². The van der Waals surface area contributed by atoms with Crippen LogP contribution in [0.5, 0.6) is 5.06 Å². The summed E-state index contributed by atoms with van der Waals surface area (Å²) in [5.41, 5.74) is 6.08. The summed E-state index contributed by atoms with van der Waals surface area (Å²) < 4.78 is 5.31. The Kier molecular flexibility index (Phi) is 1.74. The molecule has 0 fully saturated rings. The van der Waals surface area contributed by atoms with Crippen molar-refractivity contribution in [3.8, 4) is 5.06 Å². The van der Waals surface area contributed by atoms with Crippen LogP contribution in [0.25, 0.3) is 0 Å². The summed E-state index contributed by atoms with van der Waals surface area (Å²) >= 11 is 1.45. The fourth-order valence-electron chi connectivity index (χ4n) is 1.03. The molecule has 64 valence electrons. The van der Waals surface area contributed by atoms with E-state index in [1.165, 1.54) is 11.3 Å². The Bertz CT molecular complexity index is 310. The largest absolute Gasteiger partial charge is 0.468 e. The minimum Gasteiger partial charge on any atom is -0.468 e. The Balaban J connectivity index is 2.29. The minimum absolute atomic E-state index is 0.164. The molecule has 1 atom stereocenters. The van der Waals surface area contributed by atoms with Crippen LogP contribution in [0.1, 0.15) is 0 Å². The molecule has 12 heavy (non-hydrogen) atoms. The summed E-state index contributed by atoms with van der Waals surface area (Å²) in [5.74, 6) is -0.164. The van der Waals surface area contributed by atoms with Gasteiger partial charge in [-0.2, -0.15) is 0 Å². The number of hydrogen-bond donors (Lipinski definition) is 2. The predicted octanol–water partition coefficient (Wildman–Crippen LogP) is 0.406. The van der Waals surface area contributed by atoms with E-state index in [0.29, 0.717) is 0 Å². The second kappa shape index (κ2) is 2.76. The zero-order valence-electron chi connectivity index (χ0n) is 6.24. The molecule has 1 aliphatic heterocycles. The summed E-state index contributed by atoms with van der Waals surface area (Å²) in [4.78, 5) is 11.2. The van der Waals surface area contributed by atoms with Crippen LogP contribution in [0.15, 0.2) is 11.4 Å². The Morgan fingerprint density at radius 2 is 2.58 bits per heavy atom. The number of nitrogens with two attached hydrogens (primary N) is 1. The van der Waals surface area contributed by atoms with Gasteiger partial charge in [-0.25, -0.2) is 0 Å². The molecule has 0 bridgehead atoms. The lowest BCUT2D eigenvalue weighted by Crippen LogP contribution is -2.41. The number of anilines is 1. The molecular formula is C7H8N2O2S. The number of hydrogen-bond acceptors (Lipinski definition) is 4. The van der Waals surface area contributed by atoms with Gasteiger partial charge in [-0.1, -0.05) is 0 Å². The summed E-state index contributed by atoms with van der Waals surface area (Å²) in [5, 5.41) is 5.31. The van der Waals surface area contributed by atoms with Crippen molar-refractivity contribution < 1.29 is 9.53 Å². The Labute approximate surface area is 73.3 Å². The van der Waals surface area contributed by atoms with Gasteiger partial charge in [0.2, 0.25) is 0 Å². The lowest BCUT2D eigenvalue weighted by molar-refractivity contribution is -0.122. The molecule has 2 heterocycles. The number of carbonyl (C=O) groups is 1. The van der Waals surface area contributed by atoms with Crippen LogP contribution < -0.4 is 15.8 Å². The number of nitrogens with one attached hydrogen (secondary N) is 1. The summed E-state index contributed by atoms with van der Waals surface area (Å²) in [6.07, 6.45) is -0.531. The van der Waals surface area contributed by atoms with E-state index in [1.54, 1.807) is 0 Å². The average molecular weight is 184 g/mol. The third-order valence-corrected chi connectivity index (χ3v) is 2.45. The molecule has 2 rings (SSSR count). The molecule has 0 aliphatic carbocycles. The highest BCUT2D eigenvalue weighted by Gasteiger charge is 2.26. The highest BCUT2D eigenvalue weighted by Crippen LogP contribution is 2.34. The summed E-state index contributed by atoms with van der Waals surface area (Å²) in [6, 6.07) is 1.81. The first-order valence-electron chi connectivity index (χ1n) is 3.56. The first-order valence-corrected chi connectivity index (χ1v) is 4.44. The zero-order chi connectivity index (χ0) is 8.55. The molecule has 1 aliphatic rings. The highest BCUT2D eigenvalue weighted by molar-refractivity contribution is 7.12. The van der Waals surface area contributed by atoms with E-state index >= 15 is 0 Å². The van der Waals surface area contributed by atoms with E-state index in [-0.39, 0.29) is 12.5 Å². The molecule has 0 spiro atoms. The van der Waals surface area contributed by atoms with E-state index in [1.807, 2.05) is 11.4 Å². The lowest BCUT2D eigenvalue weighted by atomic mass is 10.3. The lowest BCUT2D eigenvalue weighted by Gasteiger charge is -2.21. The van der Waals surface area contributed by atoms with Crippen molar-refractivity contribution in [2.75, 3.05) is 11.9 Å². The van der Waals surface area contributed by atoms with Crippen molar-refractivity contribution in [2.45, 2.75) is 6.10 Å². The van der Waals surface area contributed by atoms with E-state index in [0.717, 1.165) is 10.8 Å². The second-order valence-corrected chi connectivity index (χ2v) is 3.33. The molecular weight excluding hydrogens is 176 g/mol. The fraction of sp³-hybridized carbons (Fsp3) is 0.286. The number of amides is 1. The van der Waals surface area contributed by atoms with Gasteiger partial charge in [-0.3, -0.25) is 4.79 Å². The van der Waals surface area contributed by atoms with Crippen molar-refractivity contribution in [3.63, 3.8) is 0 Å². The van der Waals surface area contributed by atoms with Crippen LogP contribution in [0.3, 0.4) is 0 Å². The Hall–Kier alpha value is -1.07. The minimum atomic E-state index is -0.531. The van der Waals surface area contributed by atoms with Crippen molar-refractivity contribution in [1.82, 2.24) is 0 Å². The molecule has 1 unspecified atom stereocenters. The van der Waals surface area contributed by atoms with Crippen molar-refractivity contribution in [2.24, 2.45) is 5.73 Å². The first kappa shape index (κ1) is 7.57. The molecule has 0 saturated heterocycles. The van der Waals surface area contributed by atoms with Gasteiger partial charge in [0, 0.05) is 6.54 Å². The van der Waals surface area contributed by atoms with Gasteiger partial charge in [-0.05, 0) is 11.4 Å². The maximum Gasteiger partial charge on any atom is 0.266 e. The summed E-state index contributed by atoms with van der Waals surface area (Å²) in [6.45, 7) is 0.211. The van der Waals surface area contributed by atoms with Gasteiger partial charge in [0.1, 0.15) is 0 Å². The number of fused-ring (bicyclic) bond motifs is 1. The van der Waals surface area contributed by atoms with Crippen LogP contribution in [0, 0.1) is 0 Å². The van der Waals surface area contributed by atoms with Crippen molar-refractivity contribution >= 4 is 22.9 Å². The van der Waals surface area contributed by atoms with Crippen LogP contribution in [0.4, 0.5) is 5.69 Å². The average Bonchev–Trinajstić information content (AvgIpc) is 2.49. The van der Waals surface area contributed by atoms with Crippen LogP contribution in [-0.2, 0) is 4.79 Å². The van der Waals surface area contributed by atoms with Crippen LogP contribution in [-0.4, -0.2) is 18.6 Å². The van der Waals surface area contributed by atoms with E-state index in [2.05, 4.69) is 5.32 Å². The molecule has 5 heteroatoms. The molecule has 0 saturated carbocycles. The number of rotatable bonds is 1. The third kappa shape index (κ3) is 1.07. The van der Waals surface area contributed by atoms with E-state index in [9.17, 15) is 4.79 Å². The summed E-state index contributed by atoms with van der Waals surface area (Å²) in [7, 11) is 0. The Morgan fingerprint density at radius 3 is 3.33 bits per heavy atom. The molecule has 4 nitrogen and oxygen atoms in total. The zero-order valence-corrected chi connectivity index (χ0v) is 7.06. The Morgan fingerprint density at radius 1 is 1.75 bits per heavy atom. The molecule has 0 radical (unpaired) electrons. The molecule has 1 amide bonds. The fourth-order valence-corrected chi connectivity index (χ4v) is 1.78. The van der Waals surface area contributed by atoms with Gasteiger partial charge >= 0.3 is 0 Å². The van der Waals surface area contributed by atoms with E-state index in [4.69, 9.17) is 10.5 Å². The monoisotopic (exact) mass is 184 g/mol. The van der Waals surface area contributed by atoms with Gasteiger partial charge < -0.3 is 15.8 Å². The maximum atomic E-state index is 11.2. The quantitative estimate of drug-likeness (QED) is 0.664. The second-order valence-electron chi connectivity index (χ2n) is 2.45. The maximum absolute atomic E-state index is 11.2. The molecule has 1 aromatic heterocycles. The van der Waals surface area contributed by atoms with Gasteiger partial charge in [0.05, 0.1) is 5.69 Å². The van der Waals surface area contributed by atoms with Crippen LogP contribution >= 0.6 is 11.3 Å². The van der Waals surface area contributed by atoms with Crippen LogP contribution in [0.2, 0.25) is 0 Å². The standard InChI is InChI=1S/C7H8N2O2S/c8-3-5-6(10)9-4-1-2-12-7(4)11-5/h1-2,5H,3,8H2,(H,9,10). The van der Waals surface area contributed by atoms with Crippen molar-refractivity contribution in [3.05, 3.63) is 11.4 Å². The smallest absolute Gasteiger partial charge is 0.266 e. The van der Waals surface area contributed by atoms with Crippen molar-refractivity contribution in [1.29, 1.82) is 0 Å². The molecule has 3 N–H and O–H groups in total. The van der Waals surface area contributed by atoms with Gasteiger partial charge in [0.25, 0.3) is 5.91 Å². The number of thiophene rings is 1. The normalized spacial score (nSPS) is 21.1. The first-order chi connectivity index (χ1) is 5.81. The van der Waals surface area contributed by atoms with Gasteiger partial charge in [-0.15, -0.1) is 11.3 Å². The number of ether oxygens (including phenoxy) is 1. The predicted molar refractivity (Wildman–Crippen MR) is 46.4 cm³/mol. The van der Waals surface area contributed by atoms with Gasteiger partial charge in [0.15, 0.2) is 11.2 Å². The molecule has 1 aromatic rings. The third-order valence-electron chi connectivity index (χ3n) is 1.64. The SMILES string of the molecule is NCC1Oc2sccc2NC1=O. The molecule has 0 aromatic carbocycles.